The maximum absolute atomic E-state index is 4.66. The molecule has 0 radical (unpaired) electrons. The Kier molecular flexibility index (Phi) is 4.79. The molecule has 0 spiro atoms. The Labute approximate surface area is 145 Å². The molecule has 2 fully saturated rings. The lowest BCUT2D eigenvalue weighted by atomic mass is 9.81. The van der Waals surface area contributed by atoms with Gasteiger partial charge in [-0.3, -0.25) is 4.90 Å². The van der Waals surface area contributed by atoms with Crippen molar-refractivity contribution in [2.24, 2.45) is 0 Å². The molecular weight excluding hydrogens is 294 g/mol. The topological polar surface area (TPSA) is 28.2 Å². The number of rotatable bonds is 5. The second kappa shape index (κ2) is 7.35. The van der Waals surface area contributed by atoms with Gasteiger partial charge in [0, 0.05) is 25.3 Å². The van der Waals surface area contributed by atoms with Crippen LogP contribution in [0.3, 0.4) is 0 Å². The van der Waals surface area contributed by atoms with Gasteiger partial charge in [0.1, 0.15) is 5.82 Å². The first-order chi connectivity index (χ1) is 11.9. The Balaban J connectivity index is 1.32. The number of piperidine rings is 1. The third kappa shape index (κ3) is 3.78. The molecule has 1 aliphatic heterocycles. The van der Waals surface area contributed by atoms with Crippen molar-refractivity contribution in [2.45, 2.75) is 50.6 Å². The van der Waals surface area contributed by atoms with Gasteiger partial charge in [-0.2, -0.15) is 0 Å². The van der Waals surface area contributed by atoms with Crippen molar-refractivity contribution in [2.75, 3.05) is 18.4 Å². The van der Waals surface area contributed by atoms with E-state index in [0.29, 0.717) is 6.04 Å². The van der Waals surface area contributed by atoms with Gasteiger partial charge in [0.25, 0.3) is 0 Å². The number of hydrogen-bond donors (Lipinski definition) is 1. The smallest absolute Gasteiger partial charge is 0.126 e. The van der Waals surface area contributed by atoms with Crippen LogP contribution in [0.1, 0.15) is 49.1 Å². The van der Waals surface area contributed by atoms with E-state index in [4.69, 9.17) is 0 Å². The van der Waals surface area contributed by atoms with E-state index in [2.05, 4.69) is 63.9 Å². The molecule has 1 aromatic heterocycles. The monoisotopic (exact) mass is 321 g/mol. The zero-order chi connectivity index (χ0) is 16.2. The quantitative estimate of drug-likeness (QED) is 0.883. The minimum atomic E-state index is 0.504. The number of nitrogens with zero attached hydrogens (tertiary/aromatic N) is 2. The minimum absolute atomic E-state index is 0.504. The van der Waals surface area contributed by atoms with Crippen LogP contribution in [0, 0.1) is 0 Å². The Bertz CT molecular complexity index is 634. The molecule has 1 saturated carbocycles. The molecule has 0 amide bonds. The lowest BCUT2D eigenvalue weighted by molar-refractivity contribution is 0.208. The summed E-state index contributed by atoms with van der Waals surface area (Å²) in [5.74, 6) is 1.80. The van der Waals surface area contributed by atoms with Crippen LogP contribution in [-0.2, 0) is 6.54 Å². The highest BCUT2D eigenvalue weighted by Crippen LogP contribution is 2.36. The molecule has 2 aliphatic rings. The van der Waals surface area contributed by atoms with E-state index in [9.17, 15) is 0 Å². The van der Waals surface area contributed by atoms with Crippen LogP contribution < -0.4 is 5.32 Å². The highest BCUT2D eigenvalue weighted by atomic mass is 15.2. The van der Waals surface area contributed by atoms with E-state index in [1.165, 1.54) is 49.8 Å². The predicted octanol–water partition coefficient (Wildman–Crippen LogP) is 4.43. The summed E-state index contributed by atoms with van der Waals surface area (Å²) < 4.78 is 0. The minimum Gasteiger partial charge on any atom is -0.366 e. The Hall–Kier alpha value is -1.87. The molecule has 2 aromatic rings. The third-order valence-electron chi connectivity index (χ3n) is 5.47. The van der Waals surface area contributed by atoms with Crippen molar-refractivity contribution in [3.8, 4) is 0 Å². The Morgan fingerprint density at radius 1 is 1.00 bits per heavy atom. The summed E-state index contributed by atoms with van der Waals surface area (Å²) in [6.07, 6.45) is 8.62. The van der Waals surface area contributed by atoms with E-state index < -0.39 is 0 Å². The van der Waals surface area contributed by atoms with Crippen molar-refractivity contribution in [3.63, 3.8) is 0 Å². The predicted molar refractivity (Wildman–Crippen MR) is 99.2 cm³/mol. The molecule has 126 valence electrons. The van der Waals surface area contributed by atoms with Crippen molar-refractivity contribution in [3.05, 3.63) is 59.8 Å². The largest absolute Gasteiger partial charge is 0.366 e. The van der Waals surface area contributed by atoms with Crippen LogP contribution in [0.15, 0.2) is 48.7 Å². The van der Waals surface area contributed by atoms with Crippen molar-refractivity contribution in [1.82, 2.24) is 9.88 Å². The first-order valence-electron chi connectivity index (χ1n) is 9.35. The molecule has 3 heteroatoms. The maximum Gasteiger partial charge on any atom is 0.126 e. The highest BCUT2D eigenvalue weighted by Gasteiger charge is 2.21. The van der Waals surface area contributed by atoms with Crippen LogP contribution in [-0.4, -0.2) is 29.0 Å². The van der Waals surface area contributed by atoms with E-state index in [0.717, 1.165) is 24.8 Å². The molecule has 4 rings (SSSR count). The molecule has 2 heterocycles. The Morgan fingerprint density at radius 2 is 1.88 bits per heavy atom. The fourth-order valence-electron chi connectivity index (χ4n) is 3.84. The molecule has 1 unspecified atom stereocenters. The molecule has 1 aromatic carbocycles. The average Bonchev–Trinajstić information content (AvgIpc) is 2.56. The van der Waals surface area contributed by atoms with Crippen LogP contribution in [0.5, 0.6) is 0 Å². The zero-order valence-corrected chi connectivity index (χ0v) is 14.3. The molecule has 1 saturated heterocycles. The summed E-state index contributed by atoms with van der Waals surface area (Å²) in [5, 5.41) is 3.65. The number of aromatic nitrogens is 1. The summed E-state index contributed by atoms with van der Waals surface area (Å²) in [5.41, 5.74) is 2.82. The number of benzene rings is 1. The van der Waals surface area contributed by atoms with Crippen molar-refractivity contribution >= 4 is 5.82 Å². The van der Waals surface area contributed by atoms with Gasteiger partial charge in [0.05, 0.1) is 0 Å². The standard InChI is InChI=1S/C21H27N3/c1-2-6-17(7-3-1)15-24-13-5-10-20(16-24)23-21-12-11-19(14-22-21)18-8-4-9-18/h1-3,6-7,11-12,14,18,20H,4-5,8-10,13,15-16H2,(H,22,23). The fraction of sp³-hybridized carbons (Fsp3) is 0.476. The van der Waals surface area contributed by atoms with E-state index >= 15 is 0 Å². The van der Waals surface area contributed by atoms with Crippen LogP contribution in [0.25, 0.3) is 0 Å². The molecule has 1 aliphatic carbocycles. The number of hydrogen-bond acceptors (Lipinski definition) is 3. The first-order valence-corrected chi connectivity index (χ1v) is 9.35. The molecule has 3 nitrogen and oxygen atoms in total. The van der Waals surface area contributed by atoms with Crippen molar-refractivity contribution < 1.29 is 0 Å². The highest BCUT2D eigenvalue weighted by molar-refractivity contribution is 5.38. The third-order valence-corrected chi connectivity index (χ3v) is 5.47. The second-order valence-electron chi connectivity index (χ2n) is 7.31. The second-order valence-corrected chi connectivity index (χ2v) is 7.31. The van der Waals surface area contributed by atoms with Crippen LogP contribution >= 0.6 is 0 Å². The molecule has 0 bridgehead atoms. The average molecular weight is 321 g/mol. The van der Waals surface area contributed by atoms with Gasteiger partial charge in [-0.1, -0.05) is 42.8 Å². The van der Waals surface area contributed by atoms with Gasteiger partial charge in [-0.05, 0) is 55.3 Å². The lowest BCUT2D eigenvalue weighted by Crippen LogP contribution is -2.41. The van der Waals surface area contributed by atoms with Gasteiger partial charge in [-0.15, -0.1) is 0 Å². The van der Waals surface area contributed by atoms with Crippen LogP contribution in [0.4, 0.5) is 5.82 Å². The van der Waals surface area contributed by atoms with Gasteiger partial charge in [-0.25, -0.2) is 4.98 Å². The molecule has 24 heavy (non-hydrogen) atoms. The van der Waals surface area contributed by atoms with Crippen LogP contribution in [0.2, 0.25) is 0 Å². The number of nitrogens with one attached hydrogen (secondary N) is 1. The molecular formula is C21H27N3. The SMILES string of the molecule is c1ccc(CN2CCCC(Nc3ccc(C4CCC4)cn3)C2)cc1. The molecule has 1 N–H and O–H groups in total. The fourth-order valence-corrected chi connectivity index (χ4v) is 3.84. The Morgan fingerprint density at radius 3 is 2.58 bits per heavy atom. The number of pyridine rings is 1. The summed E-state index contributed by atoms with van der Waals surface area (Å²) in [6.45, 7) is 3.34. The summed E-state index contributed by atoms with van der Waals surface area (Å²) in [4.78, 5) is 7.21. The normalized spacial score (nSPS) is 22.1. The molecule has 1 atom stereocenters. The van der Waals surface area contributed by atoms with E-state index in [-0.39, 0.29) is 0 Å². The summed E-state index contributed by atoms with van der Waals surface area (Å²) in [7, 11) is 0. The summed E-state index contributed by atoms with van der Waals surface area (Å²) >= 11 is 0. The van der Waals surface area contributed by atoms with Gasteiger partial charge < -0.3 is 5.32 Å². The van der Waals surface area contributed by atoms with E-state index in [1.807, 2.05) is 0 Å². The number of anilines is 1. The lowest BCUT2D eigenvalue weighted by Gasteiger charge is -2.33. The zero-order valence-electron chi connectivity index (χ0n) is 14.3. The van der Waals surface area contributed by atoms with Crippen molar-refractivity contribution in [1.29, 1.82) is 0 Å². The van der Waals surface area contributed by atoms with E-state index in [1.54, 1.807) is 0 Å². The number of likely N-dealkylation sites (tertiary alicyclic amines) is 1. The summed E-state index contributed by atoms with van der Waals surface area (Å²) in [6, 6.07) is 15.7. The van der Waals surface area contributed by atoms with Gasteiger partial charge in [0.15, 0.2) is 0 Å². The maximum atomic E-state index is 4.66. The first kappa shape index (κ1) is 15.6. The van der Waals surface area contributed by atoms with Gasteiger partial charge in [0.2, 0.25) is 0 Å². The van der Waals surface area contributed by atoms with Gasteiger partial charge >= 0.3 is 0 Å².